The number of carboxylic acid groups (broad SMARTS) is 1. The molecule has 1 atom stereocenters. The van der Waals surface area contributed by atoms with Gasteiger partial charge in [-0.05, 0) is 80.5 Å². The number of aryl methyl sites for hydroxylation is 3. The van der Waals surface area contributed by atoms with Crippen molar-refractivity contribution in [3.05, 3.63) is 94.0 Å². The fraction of sp³-hybridized carbons (Fsp3) is 0.375. The summed E-state index contributed by atoms with van der Waals surface area (Å²) in [5.74, 6) is 0.551. The van der Waals surface area contributed by atoms with Gasteiger partial charge in [-0.2, -0.15) is 0 Å². The molecule has 6 heteroatoms. The summed E-state index contributed by atoms with van der Waals surface area (Å²) in [4.78, 5) is 24.9. The molecule has 3 aromatic rings. The van der Waals surface area contributed by atoms with E-state index in [2.05, 4.69) is 51.2 Å². The van der Waals surface area contributed by atoms with Gasteiger partial charge >= 0.3 is 5.97 Å². The summed E-state index contributed by atoms with van der Waals surface area (Å²) in [6.07, 6.45) is 0.982. The fourth-order valence-corrected chi connectivity index (χ4v) is 4.57. The highest BCUT2D eigenvalue weighted by Crippen LogP contribution is 2.26. The predicted molar refractivity (Wildman–Crippen MR) is 150 cm³/mol. The molecule has 0 aromatic heterocycles. The van der Waals surface area contributed by atoms with Crippen LogP contribution in [0.15, 0.2) is 60.7 Å². The van der Waals surface area contributed by atoms with Gasteiger partial charge in [0.2, 0.25) is 0 Å². The average molecular weight is 518 g/mol. The second kappa shape index (κ2) is 13.7. The third-order valence-corrected chi connectivity index (χ3v) is 6.21. The molecule has 0 saturated carbocycles. The number of aliphatic carboxylic acids is 1. The molecule has 0 aliphatic heterocycles. The van der Waals surface area contributed by atoms with Crippen molar-refractivity contribution in [2.24, 2.45) is 5.92 Å². The highest BCUT2D eigenvalue weighted by molar-refractivity contribution is 5.96. The molecule has 3 rings (SSSR count). The minimum Gasteiger partial charge on any atom is -0.494 e. The monoisotopic (exact) mass is 517 g/mol. The molecule has 0 aliphatic rings. The quantitative estimate of drug-likeness (QED) is 0.260. The number of carbonyl (C=O) groups excluding carboxylic acids is 1. The van der Waals surface area contributed by atoms with E-state index in [-0.39, 0.29) is 24.8 Å². The van der Waals surface area contributed by atoms with Gasteiger partial charge in [-0.15, -0.1) is 0 Å². The van der Waals surface area contributed by atoms with E-state index in [1.165, 1.54) is 0 Å². The number of amides is 1. The van der Waals surface area contributed by atoms with Crippen LogP contribution in [0.25, 0.3) is 0 Å². The van der Waals surface area contributed by atoms with E-state index >= 15 is 0 Å². The minimum atomic E-state index is -0.904. The Morgan fingerprint density at radius 3 is 2.29 bits per heavy atom. The van der Waals surface area contributed by atoms with Gasteiger partial charge in [0.25, 0.3) is 5.91 Å². The number of rotatable bonds is 13. The Morgan fingerprint density at radius 1 is 0.921 bits per heavy atom. The van der Waals surface area contributed by atoms with Gasteiger partial charge in [0.15, 0.2) is 0 Å². The zero-order valence-electron chi connectivity index (χ0n) is 23.0. The van der Waals surface area contributed by atoms with Crippen LogP contribution in [0, 0.1) is 19.8 Å². The topological polar surface area (TPSA) is 84.9 Å². The zero-order chi connectivity index (χ0) is 27.7. The van der Waals surface area contributed by atoms with E-state index in [4.69, 9.17) is 9.47 Å². The Hall–Kier alpha value is -3.80. The minimum absolute atomic E-state index is 0.0583. The van der Waals surface area contributed by atoms with Crippen molar-refractivity contribution in [3.63, 3.8) is 0 Å². The van der Waals surface area contributed by atoms with Crippen molar-refractivity contribution in [1.82, 2.24) is 5.32 Å². The number of carbonyl (C=O) groups is 2. The van der Waals surface area contributed by atoms with E-state index in [9.17, 15) is 14.7 Å². The maximum Gasteiger partial charge on any atom is 0.303 e. The second-order valence-electron chi connectivity index (χ2n) is 10.2. The van der Waals surface area contributed by atoms with Gasteiger partial charge in [-0.25, -0.2) is 0 Å². The third kappa shape index (κ3) is 8.65. The molecule has 0 heterocycles. The Morgan fingerprint density at radius 2 is 1.63 bits per heavy atom. The summed E-state index contributed by atoms with van der Waals surface area (Å²) in [7, 11) is 0. The Labute approximate surface area is 226 Å². The molecule has 2 N–H and O–H groups in total. The van der Waals surface area contributed by atoms with Crippen LogP contribution in [0.3, 0.4) is 0 Å². The molecule has 1 unspecified atom stereocenters. The molecule has 6 nitrogen and oxygen atoms in total. The largest absolute Gasteiger partial charge is 0.494 e. The molecule has 38 heavy (non-hydrogen) atoms. The average Bonchev–Trinajstić information content (AvgIpc) is 2.85. The lowest BCUT2D eigenvalue weighted by Crippen LogP contribution is -2.30. The van der Waals surface area contributed by atoms with E-state index in [0.717, 1.165) is 34.4 Å². The van der Waals surface area contributed by atoms with Crippen molar-refractivity contribution in [2.45, 2.75) is 66.5 Å². The first-order valence-electron chi connectivity index (χ1n) is 13.2. The first-order valence-corrected chi connectivity index (χ1v) is 13.2. The van der Waals surface area contributed by atoms with Gasteiger partial charge in [-0.3, -0.25) is 9.59 Å². The molecule has 3 aromatic carbocycles. The second-order valence-corrected chi connectivity index (χ2v) is 10.2. The van der Waals surface area contributed by atoms with Crippen LogP contribution in [-0.2, 0) is 17.8 Å². The van der Waals surface area contributed by atoms with Gasteiger partial charge in [0.1, 0.15) is 18.1 Å². The summed E-state index contributed by atoms with van der Waals surface area (Å²) in [5.41, 5.74) is 5.43. The van der Waals surface area contributed by atoms with Crippen LogP contribution in [0.5, 0.6) is 11.5 Å². The highest BCUT2D eigenvalue weighted by atomic mass is 16.5. The number of hydrogen-bond donors (Lipinski definition) is 2. The van der Waals surface area contributed by atoms with Crippen LogP contribution < -0.4 is 14.8 Å². The van der Waals surface area contributed by atoms with E-state index in [1.807, 2.05) is 31.2 Å². The normalized spacial score (nSPS) is 11.7. The fourth-order valence-electron chi connectivity index (χ4n) is 4.57. The maximum absolute atomic E-state index is 13.7. The molecular formula is C32H39NO5. The van der Waals surface area contributed by atoms with Crippen LogP contribution >= 0.6 is 0 Å². The van der Waals surface area contributed by atoms with Gasteiger partial charge in [0.05, 0.1) is 12.6 Å². The summed E-state index contributed by atoms with van der Waals surface area (Å²) < 4.78 is 11.6. The third-order valence-electron chi connectivity index (χ3n) is 6.21. The van der Waals surface area contributed by atoms with E-state index < -0.39 is 5.97 Å². The smallest absolute Gasteiger partial charge is 0.303 e. The Bertz CT molecular complexity index is 1230. The number of nitrogens with one attached hydrogen (secondary N) is 1. The van der Waals surface area contributed by atoms with Crippen molar-refractivity contribution < 1.29 is 24.2 Å². The van der Waals surface area contributed by atoms with Gasteiger partial charge in [0, 0.05) is 12.0 Å². The lowest BCUT2D eigenvalue weighted by atomic mass is 9.93. The number of benzene rings is 3. The number of hydrogen-bond acceptors (Lipinski definition) is 4. The first kappa shape index (κ1) is 28.8. The summed E-state index contributed by atoms with van der Waals surface area (Å²) in [6, 6.07) is 19.2. The predicted octanol–water partition coefficient (Wildman–Crippen LogP) is 6.82. The van der Waals surface area contributed by atoms with Crippen molar-refractivity contribution in [3.8, 4) is 11.5 Å². The molecule has 0 saturated heterocycles. The molecule has 0 aliphatic carbocycles. The van der Waals surface area contributed by atoms with Crippen LogP contribution in [0.4, 0.5) is 0 Å². The molecule has 0 radical (unpaired) electrons. The molecular weight excluding hydrogens is 478 g/mol. The van der Waals surface area contributed by atoms with E-state index in [1.54, 1.807) is 18.2 Å². The highest BCUT2D eigenvalue weighted by Gasteiger charge is 2.21. The lowest BCUT2D eigenvalue weighted by Gasteiger charge is -2.23. The first-order chi connectivity index (χ1) is 18.1. The Kier molecular flexibility index (Phi) is 10.3. The van der Waals surface area contributed by atoms with Gasteiger partial charge in [-0.1, -0.05) is 61.4 Å². The number of carboxylic acids is 1. The Balaban J connectivity index is 1.87. The van der Waals surface area contributed by atoms with Crippen molar-refractivity contribution >= 4 is 11.9 Å². The molecule has 0 fully saturated rings. The summed E-state index contributed by atoms with van der Waals surface area (Å²) in [5, 5.41) is 12.5. The van der Waals surface area contributed by atoms with Crippen LogP contribution in [-0.4, -0.2) is 23.6 Å². The standard InChI is InChI=1S/C32H39NO5/c1-6-37-27-9-7-8-24(18-27)20-38-28-12-10-25(11-13-31(34)35)29(19-28)32(36)33-30(14-21(2)3)26-16-22(4)15-23(5)17-26/h7-10,12,15-19,21,30H,6,11,13-14,20H2,1-5H3,(H,33,36)(H,34,35). The molecule has 0 spiro atoms. The maximum atomic E-state index is 13.7. The zero-order valence-corrected chi connectivity index (χ0v) is 23.0. The summed E-state index contributed by atoms with van der Waals surface area (Å²) >= 11 is 0. The van der Waals surface area contributed by atoms with Crippen molar-refractivity contribution in [2.75, 3.05) is 6.61 Å². The SMILES string of the molecule is CCOc1cccc(COc2ccc(CCC(=O)O)c(C(=O)NC(CC(C)C)c3cc(C)cc(C)c3)c2)c1. The van der Waals surface area contributed by atoms with Crippen LogP contribution in [0.2, 0.25) is 0 Å². The van der Waals surface area contributed by atoms with Crippen LogP contribution in [0.1, 0.15) is 77.8 Å². The number of ether oxygens (including phenoxy) is 2. The lowest BCUT2D eigenvalue weighted by molar-refractivity contribution is -0.136. The summed E-state index contributed by atoms with van der Waals surface area (Å²) in [6.45, 7) is 11.2. The van der Waals surface area contributed by atoms with Crippen molar-refractivity contribution in [1.29, 1.82) is 0 Å². The molecule has 202 valence electrons. The molecule has 1 amide bonds. The van der Waals surface area contributed by atoms with E-state index in [0.29, 0.717) is 36.0 Å². The molecule has 0 bridgehead atoms. The van der Waals surface area contributed by atoms with Gasteiger partial charge < -0.3 is 19.9 Å².